The van der Waals surface area contributed by atoms with Gasteiger partial charge in [0.25, 0.3) is 5.91 Å². The fourth-order valence-corrected chi connectivity index (χ4v) is 3.47. The Kier molecular flexibility index (Phi) is 5.76. The van der Waals surface area contributed by atoms with Crippen molar-refractivity contribution in [3.8, 4) is 0 Å². The average Bonchev–Trinajstić information content (AvgIpc) is 3.51. The number of pyridine rings is 1. The van der Waals surface area contributed by atoms with Gasteiger partial charge in [0.2, 0.25) is 5.91 Å². The molecule has 0 aliphatic heterocycles. The molecule has 0 spiro atoms. The standard InChI is InChI=1S/C24H29N5O2/c1-14(2)21-11-19(20-13-26-29(15(3)4)22(20)28-21)24(31)25-12-16-5-9-18(10-6-16)27-23(30)17-7-8-17/h5-6,9-11,13-15,17H,7-8,12H2,1-4H3,(H,25,31)(H,27,30). The zero-order chi connectivity index (χ0) is 22.1. The van der Waals surface area contributed by atoms with Crippen molar-refractivity contribution in [1.82, 2.24) is 20.1 Å². The van der Waals surface area contributed by atoms with Crippen LogP contribution in [0.3, 0.4) is 0 Å². The predicted octanol–water partition coefficient (Wildman–Crippen LogP) is 4.41. The summed E-state index contributed by atoms with van der Waals surface area (Å²) < 4.78 is 1.85. The first-order chi connectivity index (χ1) is 14.8. The van der Waals surface area contributed by atoms with Crippen LogP contribution < -0.4 is 10.6 Å². The lowest BCUT2D eigenvalue weighted by Crippen LogP contribution is -2.23. The second kappa shape index (κ2) is 8.49. The molecule has 1 fully saturated rings. The van der Waals surface area contributed by atoms with Crippen molar-refractivity contribution >= 4 is 28.5 Å². The molecular formula is C24H29N5O2. The van der Waals surface area contributed by atoms with E-state index in [0.29, 0.717) is 12.1 Å². The minimum atomic E-state index is -0.149. The number of anilines is 1. The lowest BCUT2D eigenvalue weighted by atomic mass is 10.0. The number of nitrogens with zero attached hydrogens (tertiary/aromatic N) is 3. The number of hydrogen-bond acceptors (Lipinski definition) is 4. The van der Waals surface area contributed by atoms with Crippen molar-refractivity contribution in [1.29, 1.82) is 0 Å². The normalized spacial score (nSPS) is 13.7. The Morgan fingerprint density at radius 3 is 2.45 bits per heavy atom. The van der Waals surface area contributed by atoms with Crippen LogP contribution in [0.5, 0.6) is 0 Å². The molecule has 2 amide bonds. The number of hydrogen-bond donors (Lipinski definition) is 2. The van der Waals surface area contributed by atoms with Gasteiger partial charge in [-0.2, -0.15) is 5.10 Å². The molecule has 1 aliphatic rings. The maximum Gasteiger partial charge on any atom is 0.252 e. The Morgan fingerprint density at radius 1 is 1.13 bits per heavy atom. The summed E-state index contributed by atoms with van der Waals surface area (Å²) in [7, 11) is 0. The number of amides is 2. The van der Waals surface area contributed by atoms with E-state index in [9.17, 15) is 9.59 Å². The molecular weight excluding hydrogens is 390 g/mol. The first-order valence-electron chi connectivity index (χ1n) is 10.9. The number of nitrogens with one attached hydrogen (secondary N) is 2. The molecule has 0 unspecified atom stereocenters. The van der Waals surface area contributed by atoms with Crippen molar-refractivity contribution in [2.24, 2.45) is 5.92 Å². The van der Waals surface area contributed by atoms with Crippen LogP contribution in [0.1, 0.15) is 74.1 Å². The van der Waals surface area contributed by atoms with Crippen LogP contribution in [0, 0.1) is 5.92 Å². The van der Waals surface area contributed by atoms with Gasteiger partial charge in [-0.05, 0) is 56.4 Å². The van der Waals surface area contributed by atoms with Crippen molar-refractivity contribution < 1.29 is 9.59 Å². The minimum absolute atomic E-state index is 0.0886. The Balaban J connectivity index is 1.49. The van der Waals surface area contributed by atoms with Gasteiger partial charge >= 0.3 is 0 Å². The number of benzene rings is 1. The highest BCUT2D eigenvalue weighted by Gasteiger charge is 2.29. The predicted molar refractivity (Wildman–Crippen MR) is 121 cm³/mol. The van der Waals surface area contributed by atoms with Gasteiger partial charge in [-0.1, -0.05) is 26.0 Å². The second-order valence-corrected chi connectivity index (χ2v) is 8.81. The maximum absolute atomic E-state index is 13.0. The molecule has 2 N–H and O–H groups in total. The Morgan fingerprint density at radius 2 is 1.84 bits per heavy atom. The molecule has 7 nitrogen and oxygen atoms in total. The summed E-state index contributed by atoms with van der Waals surface area (Å²) in [5.41, 5.74) is 3.95. The molecule has 2 aromatic heterocycles. The van der Waals surface area contributed by atoms with Gasteiger partial charge < -0.3 is 10.6 Å². The van der Waals surface area contributed by atoms with Crippen LogP contribution in [-0.4, -0.2) is 26.6 Å². The van der Waals surface area contributed by atoms with Gasteiger partial charge in [-0.3, -0.25) is 9.59 Å². The average molecular weight is 420 g/mol. The van der Waals surface area contributed by atoms with Gasteiger partial charge in [0, 0.05) is 29.9 Å². The summed E-state index contributed by atoms with van der Waals surface area (Å²) in [5.74, 6) is 0.311. The Labute approximate surface area is 182 Å². The van der Waals surface area contributed by atoms with E-state index in [2.05, 4.69) is 29.6 Å². The summed E-state index contributed by atoms with van der Waals surface area (Å²) in [6.07, 6.45) is 3.68. The van der Waals surface area contributed by atoms with E-state index in [-0.39, 0.29) is 29.7 Å². The van der Waals surface area contributed by atoms with Gasteiger partial charge in [0.15, 0.2) is 5.65 Å². The van der Waals surface area contributed by atoms with Crippen molar-refractivity contribution in [2.75, 3.05) is 5.32 Å². The zero-order valence-electron chi connectivity index (χ0n) is 18.5. The molecule has 7 heteroatoms. The second-order valence-electron chi connectivity index (χ2n) is 8.81. The lowest BCUT2D eigenvalue weighted by molar-refractivity contribution is -0.117. The molecule has 1 saturated carbocycles. The molecule has 0 atom stereocenters. The highest BCUT2D eigenvalue weighted by atomic mass is 16.2. The zero-order valence-corrected chi connectivity index (χ0v) is 18.5. The number of rotatable bonds is 7. The molecule has 4 rings (SSSR count). The SMILES string of the molecule is CC(C)c1cc(C(=O)NCc2ccc(NC(=O)C3CC3)cc2)c2cnn(C(C)C)c2n1. The summed E-state index contributed by atoms with van der Waals surface area (Å²) in [5, 5.41) is 11.1. The van der Waals surface area contributed by atoms with E-state index in [4.69, 9.17) is 4.98 Å². The maximum atomic E-state index is 13.0. The molecule has 1 aliphatic carbocycles. The van der Waals surface area contributed by atoms with E-state index in [1.54, 1.807) is 6.20 Å². The van der Waals surface area contributed by atoms with Crippen LogP contribution in [0.2, 0.25) is 0 Å². The third kappa shape index (κ3) is 4.60. The summed E-state index contributed by atoms with van der Waals surface area (Å²) in [6, 6.07) is 9.60. The van der Waals surface area contributed by atoms with Crippen molar-refractivity contribution in [3.63, 3.8) is 0 Å². The van der Waals surface area contributed by atoms with Gasteiger partial charge in [0.1, 0.15) is 0 Å². The first-order valence-corrected chi connectivity index (χ1v) is 10.9. The summed E-state index contributed by atoms with van der Waals surface area (Å²) >= 11 is 0. The van der Waals surface area contributed by atoms with E-state index in [1.807, 2.05) is 48.9 Å². The van der Waals surface area contributed by atoms with Crippen LogP contribution in [0.15, 0.2) is 36.5 Å². The first kappa shape index (κ1) is 21.0. The summed E-state index contributed by atoms with van der Waals surface area (Å²) in [6.45, 7) is 8.62. The quantitative estimate of drug-likeness (QED) is 0.593. The number of carbonyl (C=O) groups excluding carboxylic acids is 2. The third-order valence-corrected chi connectivity index (χ3v) is 5.53. The topological polar surface area (TPSA) is 88.9 Å². The number of fused-ring (bicyclic) bond motifs is 1. The number of aromatic nitrogens is 3. The van der Waals surface area contributed by atoms with Crippen LogP contribution in [0.4, 0.5) is 5.69 Å². The molecule has 0 saturated heterocycles. The van der Waals surface area contributed by atoms with Gasteiger partial charge in [-0.25, -0.2) is 9.67 Å². The van der Waals surface area contributed by atoms with E-state index in [0.717, 1.165) is 40.8 Å². The smallest absolute Gasteiger partial charge is 0.252 e. The minimum Gasteiger partial charge on any atom is -0.348 e. The molecule has 2 heterocycles. The summed E-state index contributed by atoms with van der Waals surface area (Å²) in [4.78, 5) is 29.7. The largest absolute Gasteiger partial charge is 0.348 e. The molecule has 162 valence electrons. The van der Waals surface area contributed by atoms with E-state index >= 15 is 0 Å². The molecule has 0 bridgehead atoms. The fourth-order valence-electron chi connectivity index (χ4n) is 3.47. The van der Waals surface area contributed by atoms with Crippen molar-refractivity contribution in [3.05, 3.63) is 53.3 Å². The van der Waals surface area contributed by atoms with Crippen LogP contribution in [-0.2, 0) is 11.3 Å². The third-order valence-electron chi connectivity index (χ3n) is 5.53. The van der Waals surface area contributed by atoms with Crippen LogP contribution >= 0.6 is 0 Å². The monoisotopic (exact) mass is 419 g/mol. The fraction of sp³-hybridized carbons (Fsp3) is 0.417. The highest BCUT2D eigenvalue weighted by Crippen LogP contribution is 2.30. The van der Waals surface area contributed by atoms with Crippen molar-refractivity contribution in [2.45, 2.75) is 59.0 Å². The molecule has 3 aromatic rings. The van der Waals surface area contributed by atoms with E-state index in [1.165, 1.54) is 0 Å². The van der Waals surface area contributed by atoms with E-state index < -0.39 is 0 Å². The molecule has 31 heavy (non-hydrogen) atoms. The lowest BCUT2D eigenvalue weighted by Gasteiger charge is -2.12. The van der Waals surface area contributed by atoms with Crippen LogP contribution in [0.25, 0.3) is 11.0 Å². The Hall–Kier alpha value is -3.22. The van der Waals surface area contributed by atoms with Gasteiger partial charge in [0.05, 0.1) is 17.1 Å². The number of carbonyl (C=O) groups is 2. The Bertz CT molecular complexity index is 1110. The highest BCUT2D eigenvalue weighted by molar-refractivity contribution is 6.05. The molecule has 0 radical (unpaired) electrons. The molecule has 1 aromatic carbocycles. The van der Waals surface area contributed by atoms with Gasteiger partial charge in [-0.15, -0.1) is 0 Å².